The van der Waals surface area contributed by atoms with Gasteiger partial charge in [0.05, 0.1) is 64.1 Å². The molecule has 6 atom stereocenters. The second kappa shape index (κ2) is 5.61. The lowest BCUT2D eigenvalue weighted by molar-refractivity contribution is -0.195. The maximum atomic E-state index is 7.11. The van der Waals surface area contributed by atoms with Crippen LogP contribution < -0.4 is 0 Å². The van der Waals surface area contributed by atoms with E-state index in [1.165, 1.54) is 0 Å². The third-order valence-corrected chi connectivity index (χ3v) is 6.15. The van der Waals surface area contributed by atoms with Crippen molar-refractivity contribution in [3.8, 4) is 0 Å². The standard InChI is InChI=1S/C18H26O7/c1(11-5-19-11)17(15-9-23-15,2-12-6-20-12)25-18(16-10-24-16,3-13-7-21-13)4-14-8-22-14/h11-16H,1-10H2. The fraction of sp³-hybridized carbons (Fsp3) is 1.00. The van der Waals surface area contributed by atoms with Crippen LogP contribution in [0.25, 0.3) is 0 Å². The maximum absolute atomic E-state index is 7.11. The number of epoxide rings is 6. The van der Waals surface area contributed by atoms with Crippen molar-refractivity contribution >= 4 is 0 Å². The molecule has 0 aromatic rings. The molecule has 6 unspecified atom stereocenters. The number of hydrogen-bond donors (Lipinski definition) is 0. The van der Waals surface area contributed by atoms with Gasteiger partial charge < -0.3 is 33.2 Å². The van der Waals surface area contributed by atoms with Gasteiger partial charge >= 0.3 is 0 Å². The predicted octanol–water partition coefficient (Wildman–Crippen LogP) is 0.434. The van der Waals surface area contributed by atoms with E-state index >= 15 is 0 Å². The minimum Gasteiger partial charge on any atom is -0.373 e. The molecule has 0 saturated carbocycles. The molecule has 0 bridgehead atoms. The van der Waals surface area contributed by atoms with Gasteiger partial charge in [0.1, 0.15) is 23.4 Å². The van der Waals surface area contributed by atoms with Crippen molar-refractivity contribution in [1.29, 1.82) is 0 Å². The zero-order valence-electron chi connectivity index (χ0n) is 14.4. The fourth-order valence-corrected chi connectivity index (χ4v) is 4.38. The Balaban J connectivity index is 1.29. The van der Waals surface area contributed by atoms with Gasteiger partial charge in [-0.3, -0.25) is 0 Å². The molecule has 7 nitrogen and oxygen atoms in total. The van der Waals surface area contributed by atoms with Crippen LogP contribution in [-0.2, 0) is 33.2 Å². The molecule has 140 valence electrons. The minimum atomic E-state index is -0.349. The molecule has 0 radical (unpaired) electrons. The van der Waals surface area contributed by atoms with Crippen molar-refractivity contribution in [3.63, 3.8) is 0 Å². The zero-order valence-corrected chi connectivity index (χ0v) is 14.4. The molecule has 6 saturated heterocycles. The van der Waals surface area contributed by atoms with Gasteiger partial charge in [-0.2, -0.15) is 0 Å². The first-order valence-corrected chi connectivity index (χ1v) is 9.63. The van der Waals surface area contributed by atoms with E-state index in [0.29, 0.717) is 0 Å². The Labute approximate surface area is 147 Å². The summed E-state index contributed by atoms with van der Waals surface area (Å²) in [5, 5.41) is 0. The molecule has 7 heteroatoms. The van der Waals surface area contributed by atoms with E-state index in [4.69, 9.17) is 33.2 Å². The highest BCUT2D eigenvalue weighted by Gasteiger charge is 2.62. The lowest BCUT2D eigenvalue weighted by atomic mass is 9.83. The highest BCUT2D eigenvalue weighted by Crippen LogP contribution is 2.50. The van der Waals surface area contributed by atoms with Crippen LogP contribution in [0.2, 0.25) is 0 Å². The van der Waals surface area contributed by atoms with E-state index in [1.807, 2.05) is 0 Å². The number of hydrogen-bond acceptors (Lipinski definition) is 7. The molecule has 6 aliphatic rings. The smallest absolute Gasteiger partial charge is 0.110 e. The summed E-state index contributed by atoms with van der Waals surface area (Å²) >= 11 is 0. The van der Waals surface area contributed by atoms with Crippen LogP contribution in [0.4, 0.5) is 0 Å². The molecule has 6 rings (SSSR count). The predicted molar refractivity (Wildman–Crippen MR) is 83.5 cm³/mol. The van der Waals surface area contributed by atoms with E-state index in [0.717, 1.165) is 65.3 Å². The van der Waals surface area contributed by atoms with Gasteiger partial charge in [0, 0.05) is 25.7 Å². The Bertz CT molecular complexity index is 442. The van der Waals surface area contributed by atoms with Gasteiger partial charge in [-0.25, -0.2) is 0 Å². The van der Waals surface area contributed by atoms with Crippen LogP contribution in [0.15, 0.2) is 0 Å². The molecular weight excluding hydrogens is 328 g/mol. The quantitative estimate of drug-likeness (QED) is 0.470. The van der Waals surface area contributed by atoms with Gasteiger partial charge in [0.15, 0.2) is 0 Å². The highest BCUT2D eigenvalue weighted by atomic mass is 16.7. The maximum Gasteiger partial charge on any atom is 0.110 e. The van der Waals surface area contributed by atoms with E-state index < -0.39 is 0 Å². The van der Waals surface area contributed by atoms with Gasteiger partial charge in [0.25, 0.3) is 0 Å². The molecule has 0 aromatic carbocycles. The Morgan fingerprint density at radius 2 is 0.800 bits per heavy atom. The third-order valence-electron chi connectivity index (χ3n) is 6.15. The summed E-state index contributed by atoms with van der Waals surface area (Å²) in [4.78, 5) is 0. The monoisotopic (exact) mass is 354 g/mol. The van der Waals surface area contributed by atoms with Crippen molar-refractivity contribution in [1.82, 2.24) is 0 Å². The van der Waals surface area contributed by atoms with Crippen LogP contribution in [-0.4, -0.2) is 87.5 Å². The highest BCUT2D eigenvalue weighted by molar-refractivity contribution is 5.09. The molecule has 0 amide bonds. The molecule has 25 heavy (non-hydrogen) atoms. The van der Waals surface area contributed by atoms with E-state index in [-0.39, 0.29) is 47.8 Å². The summed E-state index contributed by atoms with van der Waals surface area (Å²) in [5.74, 6) is 0. The second-order valence-electron chi connectivity index (χ2n) is 8.51. The normalized spacial score (nSPS) is 47.5. The van der Waals surface area contributed by atoms with Crippen molar-refractivity contribution in [2.45, 2.75) is 73.5 Å². The molecule has 6 fully saturated rings. The fourth-order valence-electron chi connectivity index (χ4n) is 4.38. The Kier molecular flexibility index (Phi) is 3.53. The Morgan fingerprint density at radius 3 is 1.00 bits per heavy atom. The van der Waals surface area contributed by atoms with Crippen molar-refractivity contribution in [3.05, 3.63) is 0 Å². The summed E-state index contributed by atoms with van der Waals surface area (Å²) < 4.78 is 40.9. The lowest BCUT2D eigenvalue weighted by Crippen LogP contribution is -2.54. The lowest BCUT2D eigenvalue weighted by Gasteiger charge is -2.43. The first-order valence-electron chi connectivity index (χ1n) is 9.63. The van der Waals surface area contributed by atoms with Crippen LogP contribution >= 0.6 is 0 Å². The Hall–Kier alpha value is -0.280. The summed E-state index contributed by atoms with van der Waals surface area (Å²) in [6.45, 7) is 4.84. The molecule has 6 heterocycles. The molecule has 0 spiro atoms. The van der Waals surface area contributed by atoms with Gasteiger partial charge in [0.2, 0.25) is 0 Å². The van der Waals surface area contributed by atoms with Crippen LogP contribution in [0.3, 0.4) is 0 Å². The summed E-state index contributed by atoms with van der Waals surface area (Å²) in [7, 11) is 0. The van der Waals surface area contributed by atoms with Crippen molar-refractivity contribution in [2.24, 2.45) is 0 Å². The first-order chi connectivity index (χ1) is 12.2. The topological polar surface area (TPSA) is 84.4 Å². The summed E-state index contributed by atoms with van der Waals surface area (Å²) in [5.41, 5.74) is -0.698. The van der Waals surface area contributed by atoms with Gasteiger partial charge in [-0.1, -0.05) is 0 Å². The van der Waals surface area contributed by atoms with Crippen molar-refractivity contribution in [2.75, 3.05) is 39.6 Å². The molecule has 6 aliphatic heterocycles. The first kappa shape index (κ1) is 15.7. The summed E-state index contributed by atoms with van der Waals surface area (Å²) in [6.07, 6.45) is 4.94. The molecule has 0 aliphatic carbocycles. The average Bonchev–Trinajstić information content (AvgIpc) is 3.36. The average molecular weight is 354 g/mol. The van der Waals surface area contributed by atoms with Crippen LogP contribution in [0, 0.1) is 0 Å². The SMILES string of the molecule is C1OC1CC(CC1CO1)(OC(CC1CO1)(CC1CO1)C1CO1)C1CO1. The van der Waals surface area contributed by atoms with Crippen LogP contribution in [0.1, 0.15) is 25.7 Å². The Morgan fingerprint density at radius 1 is 0.520 bits per heavy atom. The molecule has 0 aromatic heterocycles. The minimum absolute atomic E-state index is 0.138. The van der Waals surface area contributed by atoms with Gasteiger partial charge in [-0.15, -0.1) is 0 Å². The third kappa shape index (κ3) is 3.60. The molecular formula is C18H26O7. The summed E-state index contributed by atoms with van der Waals surface area (Å²) in [6, 6.07) is 0. The largest absolute Gasteiger partial charge is 0.373 e. The van der Waals surface area contributed by atoms with Crippen LogP contribution in [0.5, 0.6) is 0 Å². The number of ether oxygens (including phenoxy) is 7. The van der Waals surface area contributed by atoms with E-state index in [2.05, 4.69) is 0 Å². The van der Waals surface area contributed by atoms with E-state index in [9.17, 15) is 0 Å². The second-order valence-corrected chi connectivity index (χ2v) is 8.51. The van der Waals surface area contributed by atoms with Gasteiger partial charge in [-0.05, 0) is 0 Å². The van der Waals surface area contributed by atoms with E-state index in [1.54, 1.807) is 0 Å². The molecule has 0 N–H and O–H groups in total. The number of rotatable bonds is 12. The zero-order chi connectivity index (χ0) is 16.5. The van der Waals surface area contributed by atoms with Crippen molar-refractivity contribution < 1.29 is 33.2 Å².